The minimum Gasteiger partial charge on any atom is -0.316 e. The van der Waals surface area contributed by atoms with Crippen LogP contribution in [0.5, 0.6) is 0 Å². The third kappa shape index (κ3) is 1.68. The van der Waals surface area contributed by atoms with Crippen molar-refractivity contribution in [3.63, 3.8) is 0 Å². The second-order valence-corrected chi connectivity index (χ2v) is 3.18. The molecule has 1 rings (SSSR count). The van der Waals surface area contributed by atoms with Gasteiger partial charge in [-0.05, 0) is 31.3 Å². The van der Waals surface area contributed by atoms with E-state index in [1.165, 1.54) is 25.9 Å². The maximum Gasteiger partial charge on any atom is -0.00174 e. The smallest absolute Gasteiger partial charge is 0.00174 e. The molecule has 54 valence electrons. The van der Waals surface area contributed by atoms with E-state index in [9.17, 15) is 0 Å². The van der Waals surface area contributed by atoms with Gasteiger partial charge < -0.3 is 5.32 Å². The molecule has 0 saturated carbocycles. The van der Waals surface area contributed by atoms with E-state index in [4.69, 9.17) is 0 Å². The first-order chi connectivity index (χ1) is 4.34. The summed E-state index contributed by atoms with van der Waals surface area (Å²) in [5, 5.41) is 3.41. The number of hydrogen-bond acceptors (Lipinski definition) is 1. The van der Waals surface area contributed by atoms with Crippen LogP contribution in [0, 0.1) is 11.8 Å². The second-order valence-electron chi connectivity index (χ2n) is 3.18. The van der Waals surface area contributed by atoms with Crippen molar-refractivity contribution in [2.75, 3.05) is 13.1 Å². The van der Waals surface area contributed by atoms with Gasteiger partial charge in [0.15, 0.2) is 0 Å². The molecule has 1 N–H and O–H groups in total. The molecule has 0 bridgehead atoms. The predicted molar refractivity (Wildman–Crippen MR) is 40.4 cm³/mol. The normalized spacial score (nSPS) is 35.3. The summed E-state index contributed by atoms with van der Waals surface area (Å²) < 4.78 is 0. The van der Waals surface area contributed by atoms with Crippen LogP contribution >= 0.6 is 0 Å². The monoisotopic (exact) mass is 127 g/mol. The van der Waals surface area contributed by atoms with Crippen LogP contribution < -0.4 is 5.32 Å². The summed E-state index contributed by atoms with van der Waals surface area (Å²) in [6.07, 6.45) is 2.75. The first-order valence-corrected chi connectivity index (χ1v) is 4.05. The molecule has 1 saturated heterocycles. The first-order valence-electron chi connectivity index (χ1n) is 4.05. The van der Waals surface area contributed by atoms with Crippen LogP contribution in [-0.4, -0.2) is 13.1 Å². The Bertz CT molecular complexity index is 80.6. The highest BCUT2D eigenvalue weighted by molar-refractivity contribution is 4.76. The van der Waals surface area contributed by atoms with Crippen LogP contribution in [0.15, 0.2) is 0 Å². The molecule has 1 nitrogen and oxygen atoms in total. The van der Waals surface area contributed by atoms with Crippen molar-refractivity contribution in [2.24, 2.45) is 11.8 Å². The molecule has 1 heteroatoms. The van der Waals surface area contributed by atoms with Gasteiger partial charge in [0, 0.05) is 0 Å². The van der Waals surface area contributed by atoms with Gasteiger partial charge in [-0.2, -0.15) is 0 Å². The molecule has 0 spiro atoms. The van der Waals surface area contributed by atoms with Crippen molar-refractivity contribution in [3.8, 4) is 0 Å². The van der Waals surface area contributed by atoms with Crippen LogP contribution in [0.4, 0.5) is 0 Å². The van der Waals surface area contributed by atoms with E-state index in [1.807, 2.05) is 0 Å². The molecule has 2 atom stereocenters. The van der Waals surface area contributed by atoms with Gasteiger partial charge >= 0.3 is 0 Å². The Morgan fingerprint density at radius 2 is 2.22 bits per heavy atom. The fraction of sp³-hybridized carbons (Fsp3) is 1.00. The summed E-state index contributed by atoms with van der Waals surface area (Å²) in [6, 6.07) is 0. The fourth-order valence-electron chi connectivity index (χ4n) is 1.62. The van der Waals surface area contributed by atoms with Gasteiger partial charge in [0.1, 0.15) is 0 Å². The van der Waals surface area contributed by atoms with Gasteiger partial charge in [-0.3, -0.25) is 0 Å². The van der Waals surface area contributed by atoms with Crippen molar-refractivity contribution in [2.45, 2.75) is 26.7 Å². The third-order valence-electron chi connectivity index (χ3n) is 2.34. The van der Waals surface area contributed by atoms with Gasteiger partial charge in [0.25, 0.3) is 0 Å². The van der Waals surface area contributed by atoms with Gasteiger partial charge in [-0.1, -0.05) is 20.3 Å². The molecule has 0 aromatic heterocycles. The highest BCUT2D eigenvalue weighted by Crippen LogP contribution is 2.20. The van der Waals surface area contributed by atoms with Gasteiger partial charge in [-0.15, -0.1) is 0 Å². The zero-order chi connectivity index (χ0) is 6.69. The van der Waals surface area contributed by atoms with Crippen molar-refractivity contribution < 1.29 is 0 Å². The maximum atomic E-state index is 3.41. The zero-order valence-electron chi connectivity index (χ0n) is 6.48. The van der Waals surface area contributed by atoms with Crippen molar-refractivity contribution in [1.82, 2.24) is 5.32 Å². The Balaban J connectivity index is 2.22. The van der Waals surface area contributed by atoms with Crippen molar-refractivity contribution in [3.05, 3.63) is 0 Å². The summed E-state index contributed by atoms with van der Waals surface area (Å²) in [7, 11) is 0. The first kappa shape index (κ1) is 7.07. The number of hydrogen-bond donors (Lipinski definition) is 1. The van der Waals surface area contributed by atoms with E-state index in [1.54, 1.807) is 0 Å². The Morgan fingerprint density at radius 3 is 2.67 bits per heavy atom. The summed E-state index contributed by atoms with van der Waals surface area (Å²) in [6.45, 7) is 7.12. The van der Waals surface area contributed by atoms with E-state index in [0.29, 0.717) is 0 Å². The quantitative estimate of drug-likeness (QED) is 0.594. The SMILES string of the molecule is CCCC1CNCC1C. The van der Waals surface area contributed by atoms with Gasteiger partial charge in [-0.25, -0.2) is 0 Å². The van der Waals surface area contributed by atoms with E-state index in [0.717, 1.165) is 11.8 Å². The molecule has 0 aromatic carbocycles. The summed E-state index contributed by atoms with van der Waals surface area (Å²) in [4.78, 5) is 0. The lowest BCUT2D eigenvalue weighted by Crippen LogP contribution is -2.08. The molecular formula is C8H17N. The molecule has 1 fully saturated rings. The number of rotatable bonds is 2. The summed E-state index contributed by atoms with van der Waals surface area (Å²) in [5.41, 5.74) is 0. The van der Waals surface area contributed by atoms with Crippen LogP contribution in [0.3, 0.4) is 0 Å². The maximum absolute atomic E-state index is 3.41. The molecule has 1 heterocycles. The van der Waals surface area contributed by atoms with Crippen LogP contribution in [0.25, 0.3) is 0 Å². The van der Waals surface area contributed by atoms with E-state index in [-0.39, 0.29) is 0 Å². The minimum absolute atomic E-state index is 0.921. The Morgan fingerprint density at radius 1 is 1.44 bits per heavy atom. The highest BCUT2D eigenvalue weighted by Gasteiger charge is 2.21. The Labute approximate surface area is 57.8 Å². The zero-order valence-corrected chi connectivity index (χ0v) is 6.48. The average Bonchev–Trinajstić information content (AvgIpc) is 2.18. The standard InChI is InChI=1S/C8H17N/c1-3-4-8-6-9-5-7(8)2/h7-9H,3-6H2,1-2H3. The molecular weight excluding hydrogens is 110 g/mol. The van der Waals surface area contributed by atoms with E-state index in [2.05, 4.69) is 19.2 Å². The predicted octanol–water partition coefficient (Wildman–Crippen LogP) is 1.64. The molecule has 2 unspecified atom stereocenters. The Hall–Kier alpha value is -0.0400. The topological polar surface area (TPSA) is 12.0 Å². The molecule has 1 aliphatic rings. The van der Waals surface area contributed by atoms with Crippen LogP contribution in [0.2, 0.25) is 0 Å². The van der Waals surface area contributed by atoms with Gasteiger partial charge in [0.2, 0.25) is 0 Å². The van der Waals surface area contributed by atoms with Crippen molar-refractivity contribution in [1.29, 1.82) is 0 Å². The van der Waals surface area contributed by atoms with Crippen molar-refractivity contribution >= 4 is 0 Å². The summed E-state index contributed by atoms with van der Waals surface area (Å²) in [5.74, 6) is 1.89. The van der Waals surface area contributed by atoms with Crippen LogP contribution in [-0.2, 0) is 0 Å². The molecule has 1 aliphatic heterocycles. The third-order valence-corrected chi connectivity index (χ3v) is 2.34. The molecule has 9 heavy (non-hydrogen) atoms. The molecule has 0 aliphatic carbocycles. The molecule has 0 radical (unpaired) electrons. The lowest BCUT2D eigenvalue weighted by molar-refractivity contribution is 0.418. The van der Waals surface area contributed by atoms with E-state index < -0.39 is 0 Å². The van der Waals surface area contributed by atoms with Crippen LogP contribution in [0.1, 0.15) is 26.7 Å². The van der Waals surface area contributed by atoms with Gasteiger partial charge in [0.05, 0.1) is 0 Å². The lowest BCUT2D eigenvalue weighted by atomic mass is 9.94. The number of nitrogens with one attached hydrogen (secondary N) is 1. The minimum atomic E-state index is 0.921. The lowest BCUT2D eigenvalue weighted by Gasteiger charge is -2.11. The second kappa shape index (κ2) is 3.21. The highest BCUT2D eigenvalue weighted by atomic mass is 14.9. The Kier molecular flexibility index (Phi) is 2.52. The fourth-order valence-corrected chi connectivity index (χ4v) is 1.62. The summed E-state index contributed by atoms with van der Waals surface area (Å²) >= 11 is 0. The average molecular weight is 127 g/mol. The molecule has 0 amide bonds. The van der Waals surface area contributed by atoms with E-state index >= 15 is 0 Å². The largest absolute Gasteiger partial charge is 0.316 e. The molecule has 0 aromatic rings.